The summed E-state index contributed by atoms with van der Waals surface area (Å²) in [6.45, 7) is 2.16. The third-order valence-electron chi connectivity index (χ3n) is 12.0. The summed E-state index contributed by atoms with van der Waals surface area (Å²) in [5.74, 6) is 1.83. The van der Waals surface area contributed by atoms with Gasteiger partial charge in [-0.2, -0.15) is 0 Å². The van der Waals surface area contributed by atoms with Crippen molar-refractivity contribution < 1.29 is 0 Å². The van der Waals surface area contributed by atoms with Gasteiger partial charge >= 0.3 is 0 Å². The second kappa shape index (κ2) is 14.1. The van der Waals surface area contributed by atoms with E-state index in [4.69, 9.17) is 34.9 Å². The molecule has 0 N–H and O–H groups in total. The lowest BCUT2D eigenvalue weighted by molar-refractivity contribution is 0.740. The van der Waals surface area contributed by atoms with Gasteiger partial charge in [-0.05, 0) is 92.7 Å². The number of hydrogen-bond donors (Lipinski definition) is 0. The number of fused-ring (bicyclic) bond motifs is 8. The van der Waals surface area contributed by atoms with Crippen LogP contribution in [0.5, 0.6) is 0 Å². The van der Waals surface area contributed by atoms with Gasteiger partial charge in [0.05, 0.1) is 27.9 Å². The standard InChI is InChI=1S/C54H35N7/c1-32-17-18-34-20-22-45-43(28-31-57-51(45)49(34)58-32)41-24-26-47(39-16-8-6-14-37(39)41)54-60-52(35-10-3-2-4-11-35)59-53(61-54)46-25-23-40(36-13-5-7-15-38(36)46)42-27-30-56-50-44(42)21-19-33-12-9-29-55-48(33)50/h2-16,18-32H,17H2,1H3. The maximum Gasteiger partial charge on any atom is 0.164 e. The Morgan fingerprint density at radius 2 is 0.918 bits per heavy atom. The third kappa shape index (κ3) is 5.77. The summed E-state index contributed by atoms with van der Waals surface area (Å²) in [6, 6.07) is 53.0. The number of benzene rings is 7. The average Bonchev–Trinajstić information content (AvgIpc) is 3.33. The van der Waals surface area contributed by atoms with E-state index in [-0.39, 0.29) is 6.04 Å². The molecule has 1 unspecified atom stereocenters. The Labute approximate surface area is 350 Å². The predicted molar refractivity (Wildman–Crippen MR) is 247 cm³/mol. The SMILES string of the molecule is CC1CC=c2ccc3c(-c4ccc(-c5nc(-c6ccccc6)nc(-c6ccc(-c7ccnc8c7ccc7cccnc78)c7ccccc67)n5)c5ccccc45)ccnc3c2=N1. The minimum absolute atomic E-state index is 0.228. The molecule has 7 aromatic carbocycles. The van der Waals surface area contributed by atoms with Crippen LogP contribution < -0.4 is 10.6 Å². The molecule has 286 valence electrons. The van der Waals surface area contributed by atoms with Gasteiger partial charge in [-0.1, -0.05) is 127 Å². The maximum atomic E-state index is 5.33. The highest BCUT2D eigenvalue weighted by molar-refractivity contribution is 6.13. The smallest absolute Gasteiger partial charge is 0.164 e. The first kappa shape index (κ1) is 35.0. The van der Waals surface area contributed by atoms with Crippen molar-refractivity contribution in [2.75, 3.05) is 0 Å². The summed E-state index contributed by atoms with van der Waals surface area (Å²) >= 11 is 0. The molecule has 1 aliphatic rings. The van der Waals surface area contributed by atoms with E-state index in [0.717, 1.165) is 110 Å². The van der Waals surface area contributed by atoms with E-state index < -0.39 is 0 Å². The van der Waals surface area contributed by atoms with E-state index in [1.165, 1.54) is 0 Å². The average molecular weight is 782 g/mol. The van der Waals surface area contributed by atoms with Gasteiger partial charge in [0.2, 0.25) is 0 Å². The highest BCUT2D eigenvalue weighted by atomic mass is 15.0. The van der Waals surface area contributed by atoms with Gasteiger partial charge in [-0.3, -0.25) is 19.9 Å². The van der Waals surface area contributed by atoms with E-state index >= 15 is 0 Å². The molecule has 61 heavy (non-hydrogen) atoms. The summed E-state index contributed by atoms with van der Waals surface area (Å²) in [5, 5.41) is 9.63. The predicted octanol–water partition coefficient (Wildman–Crippen LogP) is 11.3. The fourth-order valence-corrected chi connectivity index (χ4v) is 9.10. The third-order valence-corrected chi connectivity index (χ3v) is 12.0. The van der Waals surface area contributed by atoms with Gasteiger partial charge in [0, 0.05) is 51.4 Å². The van der Waals surface area contributed by atoms with Crippen LogP contribution in [-0.2, 0) is 0 Å². The quantitative estimate of drug-likeness (QED) is 0.162. The van der Waals surface area contributed by atoms with Gasteiger partial charge in [0.15, 0.2) is 17.5 Å². The van der Waals surface area contributed by atoms with Crippen LogP contribution in [0.2, 0.25) is 0 Å². The first-order valence-corrected chi connectivity index (χ1v) is 20.6. The lowest BCUT2D eigenvalue weighted by Gasteiger charge is -2.16. The first-order valence-electron chi connectivity index (χ1n) is 20.6. The van der Waals surface area contributed by atoms with Crippen LogP contribution >= 0.6 is 0 Å². The van der Waals surface area contributed by atoms with Crippen molar-refractivity contribution in [3.05, 3.63) is 181 Å². The highest BCUT2D eigenvalue weighted by Gasteiger charge is 2.20. The summed E-state index contributed by atoms with van der Waals surface area (Å²) in [5.41, 5.74) is 9.92. The Balaban J connectivity index is 1.05. The van der Waals surface area contributed by atoms with Gasteiger partial charge in [-0.25, -0.2) is 15.0 Å². The van der Waals surface area contributed by atoms with E-state index in [0.29, 0.717) is 17.5 Å². The van der Waals surface area contributed by atoms with Crippen LogP contribution in [0.25, 0.3) is 117 Å². The molecule has 1 aliphatic heterocycles. The second-order valence-electron chi connectivity index (χ2n) is 15.7. The molecule has 4 aromatic heterocycles. The molecule has 12 rings (SSSR count). The largest absolute Gasteiger partial charge is 0.279 e. The molecule has 11 aromatic rings. The lowest BCUT2D eigenvalue weighted by atomic mass is 9.92. The Kier molecular flexibility index (Phi) is 8.06. The molecule has 0 spiro atoms. The van der Waals surface area contributed by atoms with Gasteiger partial charge in [-0.15, -0.1) is 0 Å². The van der Waals surface area contributed by atoms with Crippen LogP contribution in [0.3, 0.4) is 0 Å². The van der Waals surface area contributed by atoms with Crippen LogP contribution in [-0.4, -0.2) is 35.9 Å². The van der Waals surface area contributed by atoms with Crippen molar-refractivity contribution >= 4 is 60.3 Å². The van der Waals surface area contributed by atoms with Crippen LogP contribution in [0.1, 0.15) is 13.3 Å². The molecule has 0 bridgehead atoms. The molecule has 5 heterocycles. The normalized spacial score (nSPS) is 13.7. The van der Waals surface area contributed by atoms with Crippen LogP contribution in [0.4, 0.5) is 0 Å². The Morgan fingerprint density at radius 1 is 0.393 bits per heavy atom. The van der Waals surface area contributed by atoms with Gasteiger partial charge in [0.1, 0.15) is 0 Å². The van der Waals surface area contributed by atoms with E-state index in [9.17, 15) is 0 Å². The maximum absolute atomic E-state index is 5.33. The zero-order chi connectivity index (χ0) is 40.4. The van der Waals surface area contributed by atoms with E-state index in [1.807, 2.05) is 42.9 Å². The molecule has 7 nitrogen and oxygen atoms in total. The molecule has 1 atom stereocenters. The molecule has 7 heteroatoms. The number of hydrogen-bond acceptors (Lipinski definition) is 7. The van der Waals surface area contributed by atoms with Gasteiger partial charge < -0.3 is 0 Å². The van der Waals surface area contributed by atoms with Gasteiger partial charge in [0.25, 0.3) is 0 Å². The summed E-state index contributed by atoms with van der Waals surface area (Å²) in [7, 11) is 0. The van der Waals surface area contributed by atoms with Crippen LogP contribution in [0.15, 0.2) is 175 Å². The van der Waals surface area contributed by atoms with Crippen molar-refractivity contribution in [2.45, 2.75) is 19.4 Å². The van der Waals surface area contributed by atoms with Crippen molar-refractivity contribution in [2.24, 2.45) is 4.99 Å². The van der Waals surface area contributed by atoms with E-state index in [2.05, 4.69) is 140 Å². The minimum atomic E-state index is 0.228. The Bertz CT molecular complexity index is 3710. The molecule has 0 saturated carbocycles. The van der Waals surface area contributed by atoms with Crippen molar-refractivity contribution in [3.8, 4) is 56.4 Å². The topological polar surface area (TPSA) is 89.7 Å². The zero-order valence-electron chi connectivity index (χ0n) is 33.2. The molecular weight excluding hydrogens is 747 g/mol. The second-order valence-corrected chi connectivity index (χ2v) is 15.7. The summed E-state index contributed by atoms with van der Waals surface area (Å²) in [6.07, 6.45) is 8.83. The van der Waals surface area contributed by atoms with Crippen LogP contribution in [0, 0.1) is 0 Å². The fraction of sp³-hybridized carbons (Fsp3) is 0.0556. The van der Waals surface area contributed by atoms with E-state index in [1.54, 1.807) is 0 Å². The van der Waals surface area contributed by atoms with Crippen molar-refractivity contribution in [1.29, 1.82) is 0 Å². The minimum Gasteiger partial charge on any atom is -0.279 e. The Hall–Kier alpha value is -8.03. The summed E-state index contributed by atoms with van der Waals surface area (Å²) in [4.78, 5) is 35.1. The molecule has 0 aliphatic carbocycles. The van der Waals surface area contributed by atoms with Crippen molar-refractivity contribution in [1.82, 2.24) is 29.9 Å². The zero-order valence-corrected chi connectivity index (χ0v) is 33.2. The molecule has 0 saturated heterocycles. The Morgan fingerprint density at radius 3 is 1.59 bits per heavy atom. The number of pyridine rings is 3. The molecule has 0 radical (unpaired) electrons. The molecular formula is C54H35N7. The molecule has 0 amide bonds. The molecule has 0 fully saturated rings. The fourth-order valence-electron chi connectivity index (χ4n) is 9.10. The summed E-state index contributed by atoms with van der Waals surface area (Å²) < 4.78 is 0. The number of nitrogens with zero attached hydrogens (tertiary/aromatic N) is 7. The first-order chi connectivity index (χ1) is 30.2. The monoisotopic (exact) mass is 781 g/mol. The van der Waals surface area contributed by atoms with Crippen molar-refractivity contribution in [3.63, 3.8) is 0 Å². The lowest BCUT2D eigenvalue weighted by Crippen LogP contribution is -2.31. The number of rotatable bonds is 5. The highest BCUT2D eigenvalue weighted by Crippen LogP contribution is 2.41. The number of aromatic nitrogens is 6.